The molecule has 0 radical (unpaired) electrons. The van der Waals surface area contributed by atoms with Gasteiger partial charge in [-0.15, -0.1) is 0 Å². The summed E-state index contributed by atoms with van der Waals surface area (Å²) >= 11 is 0. The van der Waals surface area contributed by atoms with Gasteiger partial charge < -0.3 is 10.6 Å². The van der Waals surface area contributed by atoms with Gasteiger partial charge in [0.15, 0.2) is 0 Å². The maximum absolute atomic E-state index is 3.40. The summed E-state index contributed by atoms with van der Waals surface area (Å²) in [5.41, 5.74) is 0. The zero-order chi connectivity index (χ0) is 7.82. The molecule has 0 aliphatic rings. The van der Waals surface area contributed by atoms with Crippen molar-refractivity contribution in [2.45, 2.75) is 33.2 Å². The minimum absolute atomic E-state index is 0.665. The second-order valence-electron chi connectivity index (χ2n) is 2.62. The van der Waals surface area contributed by atoms with Gasteiger partial charge in [0.2, 0.25) is 0 Å². The molecule has 0 saturated carbocycles. The standard InChI is InChI=1S/C8H20N2/c1-4-8(3)10-7-6-9-5-2/h8-10H,4-7H2,1-3H3. The first kappa shape index (κ1) is 9.92. The zero-order valence-electron chi connectivity index (χ0n) is 7.41. The number of hydrogen-bond acceptors (Lipinski definition) is 2. The molecule has 0 rings (SSSR count). The van der Waals surface area contributed by atoms with Crippen molar-refractivity contribution >= 4 is 0 Å². The van der Waals surface area contributed by atoms with Gasteiger partial charge in [0.1, 0.15) is 0 Å². The third-order valence-corrected chi connectivity index (χ3v) is 1.66. The summed E-state index contributed by atoms with van der Waals surface area (Å²) in [5.74, 6) is 0. The zero-order valence-corrected chi connectivity index (χ0v) is 7.41. The number of likely N-dealkylation sites (N-methyl/N-ethyl adjacent to an activating group) is 1. The lowest BCUT2D eigenvalue weighted by atomic mass is 10.3. The monoisotopic (exact) mass is 144 g/mol. The fourth-order valence-electron chi connectivity index (χ4n) is 0.728. The molecule has 1 atom stereocenters. The molecule has 0 amide bonds. The van der Waals surface area contributed by atoms with Crippen LogP contribution in [0.25, 0.3) is 0 Å². The molecule has 0 aliphatic carbocycles. The van der Waals surface area contributed by atoms with Gasteiger partial charge in [-0.2, -0.15) is 0 Å². The maximum atomic E-state index is 3.40. The smallest absolute Gasteiger partial charge is 0.00792 e. The molecule has 0 spiro atoms. The van der Waals surface area contributed by atoms with E-state index < -0.39 is 0 Å². The molecular weight excluding hydrogens is 124 g/mol. The number of rotatable bonds is 6. The van der Waals surface area contributed by atoms with E-state index in [2.05, 4.69) is 31.4 Å². The van der Waals surface area contributed by atoms with Gasteiger partial charge in [-0.3, -0.25) is 0 Å². The van der Waals surface area contributed by atoms with Crippen LogP contribution in [0.3, 0.4) is 0 Å². The molecule has 0 aromatic rings. The van der Waals surface area contributed by atoms with E-state index in [0.29, 0.717) is 6.04 Å². The van der Waals surface area contributed by atoms with E-state index in [1.807, 2.05) is 0 Å². The highest BCUT2D eigenvalue weighted by Gasteiger charge is 1.93. The summed E-state index contributed by atoms with van der Waals surface area (Å²) in [6, 6.07) is 0.665. The Balaban J connectivity index is 2.89. The fraction of sp³-hybridized carbons (Fsp3) is 1.00. The Kier molecular flexibility index (Phi) is 6.98. The van der Waals surface area contributed by atoms with Crippen molar-refractivity contribution in [3.05, 3.63) is 0 Å². The van der Waals surface area contributed by atoms with Crippen LogP contribution >= 0.6 is 0 Å². The molecule has 2 heteroatoms. The van der Waals surface area contributed by atoms with Gasteiger partial charge in [0, 0.05) is 19.1 Å². The summed E-state index contributed by atoms with van der Waals surface area (Å²) in [6.07, 6.45) is 1.21. The van der Waals surface area contributed by atoms with Crippen LogP contribution in [0.1, 0.15) is 27.2 Å². The average molecular weight is 144 g/mol. The van der Waals surface area contributed by atoms with Crippen LogP contribution in [-0.2, 0) is 0 Å². The van der Waals surface area contributed by atoms with Crippen molar-refractivity contribution in [1.29, 1.82) is 0 Å². The van der Waals surface area contributed by atoms with Gasteiger partial charge in [-0.25, -0.2) is 0 Å². The first-order valence-corrected chi connectivity index (χ1v) is 4.25. The van der Waals surface area contributed by atoms with Gasteiger partial charge in [0.25, 0.3) is 0 Å². The van der Waals surface area contributed by atoms with Crippen molar-refractivity contribution < 1.29 is 0 Å². The predicted octanol–water partition coefficient (Wildman–Crippen LogP) is 0.984. The van der Waals surface area contributed by atoms with E-state index in [4.69, 9.17) is 0 Å². The minimum Gasteiger partial charge on any atom is -0.316 e. The van der Waals surface area contributed by atoms with Gasteiger partial charge in [-0.05, 0) is 19.9 Å². The van der Waals surface area contributed by atoms with Gasteiger partial charge in [0.05, 0.1) is 0 Å². The van der Waals surface area contributed by atoms with Crippen LogP contribution in [0.2, 0.25) is 0 Å². The van der Waals surface area contributed by atoms with Crippen LogP contribution in [0.5, 0.6) is 0 Å². The maximum Gasteiger partial charge on any atom is 0.00792 e. The minimum atomic E-state index is 0.665. The Morgan fingerprint density at radius 2 is 1.90 bits per heavy atom. The summed E-state index contributed by atoms with van der Waals surface area (Å²) in [5, 5.41) is 6.67. The van der Waals surface area contributed by atoms with Crippen molar-refractivity contribution in [1.82, 2.24) is 10.6 Å². The second-order valence-corrected chi connectivity index (χ2v) is 2.62. The number of nitrogens with one attached hydrogen (secondary N) is 2. The summed E-state index contributed by atoms with van der Waals surface area (Å²) in [7, 11) is 0. The number of hydrogen-bond donors (Lipinski definition) is 2. The highest BCUT2D eigenvalue weighted by Crippen LogP contribution is 1.84. The Morgan fingerprint density at radius 1 is 1.20 bits per heavy atom. The van der Waals surface area contributed by atoms with Gasteiger partial charge >= 0.3 is 0 Å². The van der Waals surface area contributed by atoms with Crippen LogP contribution in [0, 0.1) is 0 Å². The fourth-order valence-corrected chi connectivity index (χ4v) is 0.728. The van der Waals surface area contributed by atoms with E-state index in [9.17, 15) is 0 Å². The van der Waals surface area contributed by atoms with E-state index in [0.717, 1.165) is 19.6 Å². The Bertz CT molecular complexity index is 64.3. The molecule has 0 saturated heterocycles. The highest BCUT2D eigenvalue weighted by atomic mass is 15.0. The molecule has 62 valence electrons. The Morgan fingerprint density at radius 3 is 2.40 bits per heavy atom. The van der Waals surface area contributed by atoms with Crippen molar-refractivity contribution in [2.75, 3.05) is 19.6 Å². The highest BCUT2D eigenvalue weighted by molar-refractivity contribution is 4.57. The molecule has 0 bridgehead atoms. The van der Waals surface area contributed by atoms with Crippen LogP contribution in [0.4, 0.5) is 0 Å². The first-order chi connectivity index (χ1) is 4.81. The van der Waals surface area contributed by atoms with E-state index in [1.165, 1.54) is 6.42 Å². The Labute approximate surface area is 64.4 Å². The van der Waals surface area contributed by atoms with Crippen LogP contribution in [0.15, 0.2) is 0 Å². The van der Waals surface area contributed by atoms with Crippen LogP contribution in [-0.4, -0.2) is 25.7 Å². The first-order valence-electron chi connectivity index (χ1n) is 4.25. The quantitative estimate of drug-likeness (QED) is 0.543. The molecule has 0 aliphatic heterocycles. The molecule has 10 heavy (non-hydrogen) atoms. The molecule has 0 aromatic heterocycles. The molecular formula is C8H20N2. The van der Waals surface area contributed by atoms with Crippen molar-refractivity contribution in [2.24, 2.45) is 0 Å². The Hall–Kier alpha value is -0.0800. The van der Waals surface area contributed by atoms with Crippen LogP contribution < -0.4 is 10.6 Å². The van der Waals surface area contributed by atoms with E-state index in [-0.39, 0.29) is 0 Å². The van der Waals surface area contributed by atoms with Gasteiger partial charge in [-0.1, -0.05) is 13.8 Å². The molecule has 1 unspecified atom stereocenters. The predicted molar refractivity (Wildman–Crippen MR) is 46.3 cm³/mol. The molecule has 0 aromatic carbocycles. The molecule has 2 nitrogen and oxygen atoms in total. The SMILES string of the molecule is CCNCCNC(C)CC. The van der Waals surface area contributed by atoms with E-state index >= 15 is 0 Å². The third kappa shape index (κ3) is 6.05. The lowest BCUT2D eigenvalue weighted by molar-refractivity contribution is 0.521. The normalized spacial score (nSPS) is 13.5. The summed E-state index contributed by atoms with van der Waals surface area (Å²) in [6.45, 7) is 9.78. The lowest BCUT2D eigenvalue weighted by Crippen LogP contribution is -2.32. The topological polar surface area (TPSA) is 24.1 Å². The second kappa shape index (κ2) is 7.03. The third-order valence-electron chi connectivity index (χ3n) is 1.66. The van der Waals surface area contributed by atoms with Crippen molar-refractivity contribution in [3.8, 4) is 0 Å². The van der Waals surface area contributed by atoms with Crippen molar-refractivity contribution in [3.63, 3.8) is 0 Å². The average Bonchev–Trinajstić information content (AvgIpc) is 1.98. The molecule has 0 fully saturated rings. The molecule has 0 heterocycles. The molecule has 2 N–H and O–H groups in total. The largest absolute Gasteiger partial charge is 0.316 e. The van der Waals surface area contributed by atoms with E-state index in [1.54, 1.807) is 0 Å². The summed E-state index contributed by atoms with van der Waals surface area (Å²) in [4.78, 5) is 0. The lowest BCUT2D eigenvalue weighted by Gasteiger charge is -2.10. The summed E-state index contributed by atoms with van der Waals surface area (Å²) < 4.78 is 0.